The first-order chi connectivity index (χ1) is 13.8. The number of carbonyl (C=O) groups is 1. The zero-order valence-corrected chi connectivity index (χ0v) is 19.1. The summed E-state index contributed by atoms with van der Waals surface area (Å²) in [4.78, 5) is 16.4. The van der Waals surface area contributed by atoms with E-state index in [1.54, 1.807) is 33.9 Å². The van der Waals surface area contributed by atoms with E-state index in [9.17, 15) is 4.79 Å². The van der Waals surface area contributed by atoms with E-state index in [0.717, 1.165) is 31.1 Å². The van der Waals surface area contributed by atoms with Crippen molar-refractivity contribution in [3.63, 3.8) is 0 Å². The van der Waals surface area contributed by atoms with E-state index in [0.29, 0.717) is 5.75 Å². The van der Waals surface area contributed by atoms with E-state index in [1.165, 1.54) is 5.56 Å². The largest absolute Gasteiger partial charge is 0.497 e. The van der Waals surface area contributed by atoms with Gasteiger partial charge in [0.15, 0.2) is 0 Å². The van der Waals surface area contributed by atoms with Crippen molar-refractivity contribution in [1.29, 1.82) is 0 Å². The van der Waals surface area contributed by atoms with Gasteiger partial charge < -0.3 is 4.74 Å². The highest BCUT2D eigenvalue weighted by Gasteiger charge is 2.42. The van der Waals surface area contributed by atoms with E-state index in [2.05, 4.69) is 13.8 Å². The molecule has 3 aromatic rings. The molecule has 1 aliphatic rings. The van der Waals surface area contributed by atoms with Gasteiger partial charge in [0, 0.05) is 23.3 Å². The van der Waals surface area contributed by atoms with Gasteiger partial charge in [-0.05, 0) is 44.5 Å². The van der Waals surface area contributed by atoms with Crippen molar-refractivity contribution in [1.82, 2.24) is 0 Å². The minimum absolute atomic E-state index is 0.0694. The van der Waals surface area contributed by atoms with E-state index < -0.39 is 5.54 Å². The highest BCUT2D eigenvalue weighted by molar-refractivity contribution is 7.80. The maximum absolute atomic E-state index is 13.4. The average molecular weight is 440 g/mol. The lowest BCUT2D eigenvalue weighted by Gasteiger charge is -2.42. The number of amides is 1. The van der Waals surface area contributed by atoms with E-state index in [4.69, 9.17) is 17.0 Å². The summed E-state index contributed by atoms with van der Waals surface area (Å²) in [6.07, 6.45) is 3.51. The van der Waals surface area contributed by atoms with Gasteiger partial charge >= 0.3 is 0 Å². The summed E-state index contributed by atoms with van der Waals surface area (Å²) in [7, 11) is 4.88. The van der Waals surface area contributed by atoms with Crippen molar-refractivity contribution >= 4 is 50.6 Å². The number of methoxy groups -OCH3 is 1. The van der Waals surface area contributed by atoms with Crippen molar-refractivity contribution in [3.8, 4) is 16.9 Å². The molecular formula is C23H21NO2S3. The van der Waals surface area contributed by atoms with Gasteiger partial charge in [0.1, 0.15) is 9.57 Å². The summed E-state index contributed by atoms with van der Waals surface area (Å²) in [5, 5.41) is 0. The third-order valence-electron chi connectivity index (χ3n) is 5.18. The summed E-state index contributed by atoms with van der Waals surface area (Å²) in [5.74, 6) is 0.646. The van der Waals surface area contributed by atoms with Crippen molar-refractivity contribution in [2.24, 2.45) is 0 Å². The Balaban J connectivity index is 1.83. The summed E-state index contributed by atoms with van der Waals surface area (Å²) < 4.78 is 6.31. The first kappa shape index (κ1) is 20.0. The van der Waals surface area contributed by atoms with Crippen LogP contribution in [0.1, 0.15) is 29.9 Å². The molecule has 0 saturated heterocycles. The number of benzene rings is 2. The maximum Gasteiger partial charge on any atom is 0.251 e. The summed E-state index contributed by atoms with van der Waals surface area (Å²) in [6.45, 7) is 6.19. The quantitative estimate of drug-likeness (QED) is 0.255. The van der Waals surface area contributed by atoms with Crippen LogP contribution >= 0.6 is 32.9 Å². The van der Waals surface area contributed by atoms with Crippen LogP contribution in [-0.4, -0.2) is 13.0 Å². The molecule has 4 rings (SSSR count). The van der Waals surface area contributed by atoms with Crippen molar-refractivity contribution < 1.29 is 9.53 Å². The number of nitrogens with zero attached hydrogens (tertiary/aromatic N) is 1. The summed E-state index contributed by atoms with van der Waals surface area (Å²) in [6, 6.07) is 14.0. The Bertz CT molecular complexity index is 1170. The standard InChI is InChI=1S/C23H21NO2S3/c1-14-5-7-15(8-6-14)9-12-19(25)24-18-13-16(26-4)10-11-17(18)20-21(23(24,2)3)28-29-22(20)27/h5-13H,1-4H3/b12-9-. The van der Waals surface area contributed by atoms with Crippen molar-refractivity contribution in [3.05, 3.63) is 68.4 Å². The predicted molar refractivity (Wildman–Crippen MR) is 126 cm³/mol. The van der Waals surface area contributed by atoms with Gasteiger partial charge in [-0.15, -0.1) is 0 Å². The highest BCUT2D eigenvalue weighted by atomic mass is 32.9. The third kappa shape index (κ3) is 3.45. The molecule has 0 fully saturated rings. The monoisotopic (exact) mass is 439 g/mol. The van der Waals surface area contributed by atoms with Crippen LogP contribution in [0, 0.1) is 10.7 Å². The van der Waals surface area contributed by atoms with Crippen LogP contribution in [0.3, 0.4) is 0 Å². The molecule has 2 heterocycles. The molecule has 1 amide bonds. The Morgan fingerprint density at radius 3 is 2.55 bits per heavy atom. The Labute approximate surface area is 183 Å². The van der Waals surface area contributed by atoms with Crippen LogP contribution in [0.25, 0.3) is 17.2 Å². The maximum atomic E-state index is 13.4. The highest BCUT2D eigenvalue weighted by Crippen LogP contribution is 2.52. The van der Waals surface area contributed by atoms with Gasteiger partial charge in [0.25, 0.3) is 5.91 Å². The van der Waals surface area contributed by atoms with Gasteiger partial charge in [0.05, 0.1) is 23.2 Å². The normalized spacial score (nSPS) is 14.6. The fourth-order valence-corrected chi connectivity index (χ4v) is 6.93. The molecule has 0 spiro atoms. The van der Waals surface area contributed by atoms with Crippen molar-refractivity contribution in [2.45, 2.75) is 26.3 Å². The minimum Gasteiger partial charge on any atom is -0.497 e. The zero-order chi connectivity index (χ0) is 20.8. The van der Waals surface area contributed by atoms with E-state index in [1.807, 2.05) is 60.4 Å². The van der Waals surface area contributed by atoms with Gasteiger partial charge in [-0.1, -0.05) is 62.7 Å². The molecule has 148 valence electrons. The molecule has 3 nitrogen and oxygen atoms in total. The number of ether oxygens (including phenoxy) is 1. The second kappa shape index (κ2) is 7.52. The lowest BCUT2D eigenvalue weighted by Crippen LogP contribution is -2.47. The van der Waals surface area contributed by atoms with Crippen LogP contribution in [0.15, 0.2) is 48.5 Å². The van der Waals surface area contributed by atoms with Gasteiger partial charge in [-0.25, -0.2) is 0 Å². The molecular weight excluding hydrogens is 418 g/mol. The molecule has 0 aliphatic carbocycles. The topological polar surface area (TPSA) is 29.5 Å². The fourth-order valence-electron chi connectivity index (χ4n) is 3.65. The number of rotatable bonds is 3. The van der Waals surface area contributed by atoms with Crippen LogP contribution in [0.5, 0.6) is 5.75 Å². The Morgan fingerprint density at radius 1 is 1.14 bits per heavy atom. The molecule has 0 radical (unpaired) electrons. The first-order valence-electron chi connectivity index (χ1n) is 9.24. The molecule has 6 heteroatoms. The zero-order valence-electron chi connectivity index (χ0n) is 16.7. The number of aryl methyl sites for hydroxylation is 1. The number of carbonyl (C=O) groups excluding carboxylic acids is 1. The Hall–Kier alpha value is -2.28. The number of hydrogen-bond acceptors (Lipinski definition) is 5. The molecule has 0 unspecified atom stereocenters. The van der Waals surface area contributed by atoms with Crippen LogP contribution in [-0.2, 0) is 10.3 Å². The fraction of sp³-hybridized carbons (Fsp3) is 0.217. The predicted octanol–water partition coefficient (Wildman–Crippen LogP) is 6.82. The SMILES string of the molecule is COc1ccc2c(c1)N(C(=O)/C=C\c1ccc(C)cc1)C(C)(C)c1ssc(=S)c1-2. The second-order valence-electron chi connectivity index (χ2n) is 7.52. The molecule has 29 heavy (non-hydrogen) atoms. The number of anilines is 1. The van der Waals surface area contributed by atoms with Crippen LogP contribution < -0.4 is 9.64 Å². The van der Waals surface area contributed by atoms with Gasteiger partial charge in [-0.2, -0.15) is 0 Å². The lowest BCUT2D eigenvalue weighted by atomic mass is 9.87. The summed E-state index contributed by atoms with van der Waals surface area (Å²) >= 11 is 5.62. The summed E-state index contributed by atoms with van der Waals surface area (Å²) in [5.41, 5.74) is 4.57. The molecule has 0 atom stereocenters. The Morgan fingerprint density at radius 2 is 1.86 bits per heavy atom. The van der Waals surface area contributed by atoms with Gasteiger partial charge in [-0.3, -0.25) is 9.69 Å². The van der Waals surface area contributed by atoms with Gasteiger partial charge in [0.2, 0.25) is 0 Å². The van der Waals surface area contributed by atoms with E-state index in [-0.39, 0.29) is 5.91 Å². The molecule has 1 aliphatic heterocycles. The van der Waals surface area contributed by atoms with E-state index >= 15 is 0 Å². The molecule has 0 bridgehead atoms. The number of fused-ring (bicyclic) bond motifs is 3. The molecule has 0 saturated carbocycles. The Kier molecular flexibility index (Phi) is 5.19. The lowest BCUT2D eigenvalue weighted by molar-refractivity contribution is -0.115. The number of hydrogen-bond donors (Lipinski definition) is 0. The van der Waals surface area contributed by atoms with Crippen LogP contribution in [0.2, 0.25) is 0 Å². The average Bonchev–Trinajstić information content (AvgIpc) is 3.10. The first-order valence-corrected chi connectivity index (χ1v) is 11.8. The smallest absolute Gasteiger partial charge is 0.251 e. The van der Waals surface area contributed by atoms with Crippen molar-refractivity contribution in [2.75, 3.05) is 12.0 Å². The molecule has 0 N–H and O–H groups in total. The minimum atomic E-state index is -0.512. The molecule has 1 aromatic heterocycles. The van der Waals surface area contributed by atoms with Crippen LogP contribution in [0.4, 0.5) is 5.69 Å². The molecule has 2 aromatic carbocycles. The second-order valence-corrected chi connectivity index (χ2v) is 10.3. The third-order valence-corrected chi connectivity index (χ3v) is 8.51.